The highest BCUT2D eigenvalue weighted by molar-refractivity contribution is 7.90. The van der Waals surface area contributed by atoms with Gasteiger partial charge in [-0.2, -0.15) is 0 Å². The van der Waals surface area contributed by atoms with E-state index in [9.17, 15) is 8.42 Å². The second-order valence-electron chi connectivity index (χ2n) is 2.35. The number of aromatic amines is 1. The monoisotopic (exact) mass is 223 g/mol. The first-order valence-electron chi connectivity index (χ1n) is 3.40. The van der Waals surface area contributed by atoms with Crippen molar-refractivity contribution in [1.82, 2.24) is 4.98 Å². The lowest BCUT2D eigenvalue weighted by atomic mass is 10.6. The molecule has 1 heterocycles. The van der Waals surface area contributed by atoms with E-state index in [1.54, 1.807) is 12.3 Å². The number of hydrogen-bond acceptors (Lipinski definition) is 4. The van der Waals surface area contributed by atoms with Crippen molar-refractivity contribution in [2.75, 3.05) is 5.75 Å². The third-order valence-electron chi connectivity index (χ3n) is 1.39. The summed E-state index contributed by atoms with van der Waals surface area (Å²) in [5.41, 5.74) is 0.687. The molecule has 1 rings (SSSR count). The minimum atomic E-state index is -2.93. The molecule has 0 aliphatic rings. The summed E-state index contributed by atoms with van der Waals surface area (Å²) >= 11 is 6.18. The maximum atomic E-state index is 11.1. The molecule has 1 aromatic rings. The lowest BCUT2D eigenvalue weighted by Crippen LogP contribution is -2.06. The Labute approximate surface area is 80.4 Å². The molecule has 68 valence electrons. The van der Waals surface area contributed by atoms with E-state index in [2.05, 4.69) is 4.98 Å². The second kappa shape index (κ2) is 3.68. The van der Waals surface area contributed by atoms with Crippen LogP contribution in [0.5, 0.6) is 0 Å². The van der Waals surface area contributed by atoms with Crippen LogP contribution >= 0.6 is 23.6 Å². The van der Waals surface area contributed by atoms with Crippen molar-refractivity contribution < 1.29 is 8.42 Å². The first-order valence-corrected chi connectivity index (χ1v) is 6.51. The summed E-state index contributed by atoms with van der Waals surface area (Å²) in [6.45, 7) is 1.64. The van der Waals surface area contributed by atoms with Gasteiger partial charge in [-0.15, -0.1) is 11.3 Å². The zero-order chi connectivity index (χ0) is 9.19. The molecule has 0 bridgehead atoms. The first-order chi connectivity index (χ1) is 5.53. The number of thiazole rings is 1. The van der Waals surface area contributed by atoms with Crippen molar-refractivity contribution in [2.24, 2.45) is 0 Å². The van der Waals surface area contributed by atoms with Crippen LogP contribution in [0.4, 0.5) is 0 Å². The van der Waals surface area contributed by atoms with Gasteiger partial charge in [0.15, 0.2) is 13.8 Å². The van der Waals surface area contributed by atoms with Crippen LogP contribution in [0.15, 0.2) is 5.38 Å². The zero-order valence-electron chi connectivity index (χ0n) is 6.53. The van der Waals surface area contributed by atoms with E-state index in [0.29, 0.717) is 9.65 Å². The van der Waals surface area contributed by atoms with Crippen LogP contribution in [0.2, 0.25) is 0 Å². The molecular weight excluding hydrogens is 214 g/mol. The minimum absolute atomic E-state index is 0.0661. The molecule has 0 radical (unpaired) electrons. The van der Waals surface area contributed by atoms with Crippen molar-refractivity contribution in [1.29, 1.82) is 0 Å². The average Bonchev–Trinajstić information content (AvgIpc) is 2.35. The third kappa shape index (κ3) is 2.69. The van der Waals surface area contributed by atoms with Crippen LogP contribution < -0.4 is 0 Å². The Balaban J connectivity index is 2.84. The molecule has 0 fully saturated rings. The molecule has 0 atom stereocenters. The molecule has 0 aliphatic carbocycles. The molecule has 0 saturated carbocycles. The fraction of sp³-hybridized carbons (Fsp3) is 0.500. The van der Waals surface area contributed by atoms with Gasteiger partial charge in [0.05, 0.1) is 5.75 Å². The molecule has 3 nitrogen and oxygen atoms in total. The van der Waals surface area contributed by atoms with Gasteiger partial charge >= 0.3 is 0 Å². The van der Waals surface area contributed by atoms with Crippen LogP contribution in [-0.2, 0) is 15.6 Å². The highest BCUT2D eigenvalue weighted by atomic mass is 32.2. The summed E-state index contributed by atoms with van der Waals surface area (Å²) in [5.74, 6) is 0.236. The van der Waals surface area contributed by atoms with Crippen LogP contribution in [0.25, 0.3) is 0 Å². The highest BCUT2D eigenvalue weighted by Gasteiger charge is 2.09. The Bertz CT molecular complexity index is 400. The zero-order valence-corrected chi connectivity index (χ0v) is 8.98. The standard InChI is InChI=1S/C6H9NO2S3/c1-2-12(8,9)4-5-3-11-6(10)7-5/h3H,2,4H2,1H3,(H,7,10). The van der Waals surface area contributed by atoms with E-state index >= 15 is 0 Å². The van der Waals surface area contributed by atoms with Crippen LogP contribution in [0.1, 0.15) is 12.6 Å². The molecular formula is C6H9NO2S3. The predicted molar refractivity (Wildman–Crippen MR) is 52.7 cm³/mol. The number of rotatable bonds is 3. The van der Waals surface area contributed by atoms with Crippen molar-refractivity contribution >= 4 is 33.4 Å². The van der Waals surface area contributed by atoms with Gasteiger partial charge in [0.25, 0.3) is 0 Å². The van der Waals surface area contributed by atoms with Gasteiger partial charge in [0.1, 0.15) is 0 Å². The second-order valence-corrected chi connectivity index (χ2v) is 6.25. The molecule has 12 heavy (non-hydrogen) atoms. The van der Waals surface area contributed by atoms with E-state index in [-0.39, 0.29) is 11.5 Å². The fourth-order valence-electron chi connectivity index (χ4n) is 0.724. The van der Waals surface area contributed by atoms with Crippen molar-refractivity contribution in [3.8, 4) is 0 Å². The number of H-pyrrole nitrogens is 1. The molecule has 0 saturated heterocycles. The molecule has 1 aromatic heterocycles. The van der Waals surface area contributed by atoms with Crippen LogP contribution in [0, 0.1) is 3.95 Å². The first kappa shape index (κ1) is 9.88. The lowest BCUT2D eigenvalue weighted by Gasteiger charge is -1.96. The van der Waals surface area contributed by atoms with Gasteiger partial charge in [0, 0.05) is 16.8 Å². The maximum Gasteiger partial charge on any atom is 0.158 e. The summed E-state index contributed by atoms with van der Waals surface area (Å²) in [7, 11) is -2.93. The van der Waals surface area contributed by atoms with E-state index in [0.717, 1.165) is 0 Å². The van der Waals surface area contributed by atoms with Gasteiger partial charge < -0.3 is 4.98 Å². The van der Waals surface area contributed by atoms with Crippen LogP contribution in [-0.4, -0.2) is 19.2 Å². The van der Waals surface area contributed by atoms with E-state index in [1.807, 2.05) is 0 Å². The number of hydrogen-bond donors (Lipinski definition) is 1. The summed E-state index contributed by atoms with van der Waals surface area (Å²) in [6.07, 6.45) is 0. The quantitative estimate of drug-likeness (QED) is 0.794. The maximum absolute atomic E-state index is 11.1. The number of nitrogens with one attached hydrogen (secondary N) is 1. The smallest absolute Gasteiger partial charge is 0.158 e. The minimum Gasteiger partial charge on any atom is -0.340 e. The summed E-state index contributed by atoms with van der Waals surface area (Å²) in [5, 5.41) is 1.75. The summed E-state index contributed by atoms with van der Waals surface area (Å²) < 4.78 is 22.9. The molecule has 1 N–H and O–H groups in total. The Kier molecular flexibility index (Phi) is 3.03. The van der Waals surface area contributed by atoms with Gasteiger partial charge in [0.2, 0.25) is 0 Å². The number of sulfone groups is 1. The fourth-order valence-corrected chi connectivity index (χ4v) is 2.52. The molecule has 0 aliphatic heterocycles. The van der Waals surface area contributed by atoms with Gasteiger partial charge in [-0.05, 0) is 12.2 Å². The Morgan fingerprint density at radius 3 is 2.75 bits per heavy atom. The highest BCUT2D eigenvalue weighted by Crippen LogP contribution is 2.08. The van der Waals surface area contributed by atoms with Crippen molar-refractivity contribution in [3.05, 3.63) is 15.0 Å². The number of aromatic nitrogens is 1. The Morgan fingerprint density at radius 2 is 2.33 bits per heavy atom. The topological polar surface area (TPSA) is 49.9 Å². The average molecular weight is 223 g/mol. The van der Waals surface area contributed by atoms with Gasteiger partial charge in [-0.25, -0.2) is 8.42 Å². The largest absolute Gasteiger partial charge is 0.340 e. The molecule has 6 heteroatoms. The molecule has 0 spiro atoms. The predicted octanol–water partition coefficient (Wildman–Crippen LogP) is 1.74. The van der Waals surface area contributed by atoms with Crippen LogP contribution in [0.3, 0.4) is 0 Å². The van der Waals surface area contributed by atoms with E-state index < -0.39 is 9.84 Å². The summed E-state index contributed by atoms with van der Waals surface area (Å²) in [4.78, 5) is 2.82. The third-order valence-corrected chi connectivity index (χ3v) is 4.13. The van der Waals surface area contributed by atoms with Gasteiger partial charge in [-0.3, -0.25) is 0 Å². The summed E-state index contributed by atoms with van der Waals surface area (Å²) in [6, 6.07) is 0. The van der Waals surface area contributed by atoms with Gasteiger partial charge in [-0.1, -0.05) is 6.92 Å². The van der Waals surface area contributed by atoms with Crippen molar-refractivity contribution in [2.45, 2.75) is 12.7 Å². The molecule has 0 amide bonds. The van der Waals surface area contributed by atoms with E-state index in [4.69, 9.17) is 12.2 Å². The lowest BCUT2D eigenvalue weighted by molar-refractivity contribution is 0.596. The SMILES string of the molecule is CCS(=O)(=O)Cc1csc(=S)[nH]1. The Hall–Kier alpha value is -0.200. The van der Waals surface area contributed by atoms with E-state index in [1.165, 1.54) is 11.3 Å². The molecule has 0 unspecified atom stereocenters. The molecule has 0 aromatic carbocycles. The normalized spacial score (nSPS) is 11.8. The van der Waals surface area contributed by atoms with Crippen molar-refractivity contribution in [3.63, 3.8) is 0 Å². The Morgan fingerprint density at radius 1 is 1.67 bits per heavy atom.